The number of para-hydroxylation sites is 2. The number of fused-ring (bicyclic) bond motifs is 6. The van der Waals surface area contributed by atoms with Gasteiger partial charge in [0, 0.05) is 56.2 Å². The normalized spacial score (nSPS) is 11.7. The SMILES string of the molecule is N#Cc1cccc(-c2cc(-n3c4ccccc4c4ccc(-c5ccc(-c6ccccc6)nc5)cc43)c(-n3c4ccccc4c4ccc(-c5ccc(-c6ccccc6)nc5)cc43)cc2C(F)(F)F)c1. The standard InChI is InChI=1S/C60H36F3N5/c61-60(62,63)51-34-59(68-55-21-10-8-19-47(55)49-27-23-42(32-57(49)68)45-25-29-53(66-37-45)40-15-5-2-6-16-40)58(33-50(51)43-17-11-12-38(30-43)35-64)67-54-20-9-7-18-46(54)48-26-22-41(31-56(48)67)44-24-28-52(65-36-44)39-13-3-1-4-14-39/h1-34,36-37H. The number of benzene rings is 8. The highest BCUT2D eigenvalue weighted by molar-refractivity contribution is 6.13. The fraction of sp³-hybridized carbons (Fsp3) is 0.0167. The minimum absolute atomic E-state index is 0.0397. The maximum absolute atomic E-state index is 15.9. The van der Waals surface area contributed by atoms with Crippen molar-refractivity contribution >= 4 is 43.6 Å². The summed E-state index contributed by atoms with van der Waals surface area (Å²) < 4.78 is 51.7. The van der Waals surface area contributed by atoms with Crippen molar-refractivity contribution in [3.05, 3.63) is 230 Å². The van der Waals surface area contributed by atoms with Gasteiger partial charge in [-0.2, -0.15) is 18.4 Å². The molecule has 0 aliphatic heterocycles. The van der Waals surface area contributed by atoms with E-state index in [0.29, 0.717) is 11.4 Å². The average molecular weight is 884 g/mol. The molecule has 4 heterocycles. The van der Waals surface area contributed by atoms with Gasteiger partial charge in [-0.1, -0.05) is 146 Å². The van der Waals surface area contributed by atoms with E-state index >= 15 is 13.2 Å². The zero-order chi connectivity index (χ0) is 45.9. The summed E-state index contributed by atoms with van der Waals surface area (Å²) in [5, 5.41) is 13.6. The van der Waals surface area contributed by atoms with Gasteiger partial charge in [-0.15, -0.1) is 0 Å². The lowest BCUT2D eigenvalue weighted by atomic mass is 9.95. The first-order valence-electron chi connectivity index (χ1n) is 22.2. The Bertz CT molecular complexity index is 3940. The van der Waals surface area contributed by atoms with Gasteiger partial charge in [-0.25, -0.2) is 0 Å². The van der Waals surface area contributed by atoms with Crippen LogP contribution in [0.25, 0.3) is 111 Å². The van der Waals surface area contributed by atoms with Crippen LogP contribution in [0.5, 0.6) is 0 Å². The molecular weight excluding hydrogens is 848 g/mol. The van der Waals surface area contributed by atoms with E-state index in [1.165, 1.54) is 12.1 Å². The molecule has 0 spiro atoms. The highest BCUT2D eigenvalue weighted by atomic mass is 19.4. The van der Waals surface area contributed by atoms with Crippen LogP contribution in [-0.2, 0) is 6.18 Å². The number of aromatic nitrogens is 4. The van der Waals surface area contributed by atoms with Crippen LogP contribution in [0.15, 0.2) is 219 Å². The van der Waals surface area contributed by atoms with Gasteiger partial charge < -0.3 is 9.13 Å². The predicted octanol–water partition coefficient (Wildman–Crippen LogP) is 15.9. The fourth-order valence-corrected chi connectivity index (χ4v) is 9.67. The van der Waals surface area contributed by atoms with Gasteiger partial charge in [0.2, 0.25) is 0 Å². The third-order valence-electron chi connectivity index (χ3n) is 12.9. The summed E-state index contributed by atoms with van der Waals surface area (Å²) in [4.78, 5) is 9.64. The number of hydrogen-bond acceptors (Lipinski definition) is 3. The van der Waals surface area contributed by atoms with Crippen molar-refractivity contribution < 1.29 is 13.2 Å². The maximum Gasteiger partial charge on any atom is 0.417 e. The van der Waals surface area contributed by atoms with Crippen molar-refractivity contribution in [2.24, 2.45) is 0 Å². The van der Waals surface area contributed by atoms with E-state index in [-0.39, 0.29) is 16.7 Å². The first-order valence-corrected chi connectivity index (χ1v) is 22.2. The minimum Gasteiger partial charge on any atom is -0.307 e. The Balaban J connectivity index is 1.15. The molecule has 4 aromatic heterocycles. The van der Waals surface area contributed by atoms with Gasteiger partial charge in [0.25, 0.3) is 0 Å². The molecule has 0 saturated heterocycles. The summed E-state index contributed by atoms with van der Waals surface area (Å²) in [6.45, 7) is 0. The molecule has 12 rings (SSSR count). The Morgan fingerprint density at radius 3 is 1.32 bits per heavy atom. The number of hydrogen-bond donors (Lipinski definition) is 0. The summed E-state index contributed by atoms with van der Waals surface area (Å²) in [6.07, 6.45) is -1.07. The number of nitrogens with zero attached hydrogens (tertiary/aromatic N) is 5. The summed E-state index contributed by atoms with van der Waals surface area (Å²) in [5.41, 5.74) is 10.9. The van der Waals surface area contributed by atoms with E-state index in [0.717, 1.165) is 88.4 Å². The number of alkyl halides is 3. The summed E-state index contributed by atoms with van der Waals surface area (Å²) in [6, 6.07) is 67.7. The molecule has 0 amide bonds. The third kappa shape index (κ3) is 6.88. The molecule has 0 saturated carbocycles. The van der Waals surface area contributed by atoms with E-state index in [1.807, 2.05) is 163 Å². The highest BCUT2D eigenvalue weighted by Gasteiger charge is 2.36. The molecule has 68 heavy (non-hydrogen) atoms. The predicted molar refractivity (Wildman–Crippen MR) is 268 cm³/mol. The second-order valence-corrected chi connectivity index (χ2v) is 16.8. The molecule has 0 aliphatic rings. The van der Waals surface area contributed by atoms with Gasteiger partial charge in [0.1, 0.15) is 0 Å². The largest absolute Gasteiger partial charge is 0.417 e. The lowest BCUT2D eigenvalue weighted by molar-refractivity contribution is -0.137. The first-order chi connectivity index (χ1) is 33.3. The second-order valence-electron chi connectivity index (χ2n) is 16.8. The molecule has 0 atom stereocenters. The van der Waals surface area contributed by atoms with E-state index < -0.39 is 11.7 Å². The Morgan fingerprint density at radius 2 is 0.838 bits per heavy atom. The van der Waals surface area contributed by atoms with Crippen molar-refractivity contribution in [2.45, 2.75) is 6.18 Å². The number of halogens is 3. The van der Waals surface area contributed by atoms with Crippen LogP contribution < -0.4 is 0 Å². The molecule has 5 nitrogen and oxygen atoms in total. The van der Waals surface area contributed by atoms with Gasteiger partial charge in [-0.05, 0) is 82.9 Å². The average Bonchev–Trinajstić information content (AvgIpc) is 3.90. The van der Waals surface area contributed by atoms with E-state index in [2.05, 4.69) is 34.9 Å². The molecule has 0 bridgehead atoms. The molecule has 0 unspecified atom stereocenters. The van der Waals surface area contributed by atoms with E-state index in [4.69, 9.17) is 9.97 Å². The van der Waals surface area contributed by atoms with Gasteiger partial charge in [0.15, 0.2) is 0 Å². The Labute approximate surface area is 388 Å². The van der Waals surface area contributed by atoms with Crippen LogP contribution in [-0.4, -0.2) is 19.1 Å². The topological polar surface area (TPSA) is 59.4 Å². The quantitative estimate of drug-likeness (QED) is 0.160. The molecule has 12 aromatic rings. The van der Waals surface area contributed by atoms with Gasteiger partial charge in [0.05, 0.1) is 62.0 Å². The van der Waals surface area contributed by atoms with Crippen molar-refractivity contribution in [2.75, 3.05) is 0 Å². The van der Waals surface area contributed by atoms with Crippen LogP contribution in [0.2, 0.25) is 0 Å². The Hall–Kier alpha value is -9.06. The molecule has 0 radical (unpaired) electrons. The summed E-state index contributed by atoms with van der Waals surface area (Å²) >= 11 is 0. The van der Waals surface area contributed by atoms with Crippen LogP contribution in [0, 0.1) is 11.3 Å². The van der Waals surface area contributed by atoms with Crippen LogP contribution >= 0.6 is 0 Å². The first kappa shape index (κ1) is 40.4. The van der Waals surface area contributed by atoms with Crippen LogP contribution in [0.4, 0.5) is 13.2 Å². The minimum atomic E-state index is -4.77. The number of pyridine rings is 2. The summed E-state index contributed by atoms with van der Waals surface area (Å²) in [5.74, 6) is 0. The fourth-order valence-electron chi connectivity index (χ4n) is 9.67. The van der Waals surface area contributed by atoms with Crippen molar-refractivity contribution in [3.63, 3.8) is 0 Å². The molecule has 322 valence electrons. The monoisotopic (exact) mass is 883 g/mol. The molecule has 0 N–H and O–H groups in total. The van der Waals surface area contributed by atoms with Crippen molar-refractivity contribution in [3.8, 4) is 73.3 Å². The molecule has 8 aromatic carbocycles. The Kier molecular flexibility index (Phi) is 9.59. The Morgan fingerprint density at radius 1 is 0.382 bits per heavy atom. The van der Waals surface area contributed by atoms with Crippen molar-refractivity contribution in [1.29, 1.82) is 5.26 Å². The zero-order valence-electron chi connectivity index (χ0n) is 36.2. The highest BCUT2D eigenvalue weighted by Crippen LogP contribution is 2.46. The smallest absolute Gasteiger partial charge is 0.307 e. The van der Waals surface area contributed by atoms with Crippen molar-refractivity contribution in [1.82, 2.24) is 19.1 Å². The molecule has 0 fully saturated rings. The zero-order valence-corrected chi connectivity index (χ0v) is 36.2. The second kappa shape index (κ2) is 16.1. The lowest BCUT2D eigenvalue weighted by Gasteiger charge is -2.22. The summed E-state index contributed by atoms with van der Waals surface area (Å²) in [7, 11) is 0. The molecular formula is C60H36F3N5. The number of rotatable bonds is 7. The van der Waals surface area contributed by atoms with Crippen LogP contribution in [0.3, 0.4) is 0 Å². The van der Waals surface area contributed by atoms with Gasteiger partial charge >= 0.3 is 6.18 Å². The molecule has 0 aliphatic carbocycles. The lowest BCUT2D eigenvalue weighted by Crippen LogP contribution is -2.12. The van der Waals surface area contributed by atoms with Crippen LogP contribution in [0.1, 0.15) is 11.1 Å². The number of nitriles is 1. The van der Waals surface area contributed by atoms with E-state index in [1.54, 1.807) is 24.3 Å². The van der Waals surface area contributed by atoms with E-state index in [9.17, 15) is 5.26 Å². The third-order valence-corrected chi connectivity index (χ3v) is 12.9. The maximum atomic E-state index is 15.9. The molecule has 8 heteroatoms. The van der Waals surface area contributed by atoms with Gasteiger partial charge in [-0.3, -0.25) is 9.97 Å².